The van der Waals surface area contributed by atoms with Crippen LogP contribution in [0, 0.1) is 5.92 Å². The van der Waals surface area contributed by atoms with E-state index in [2.05, 4.69) is 11.8 Å². The van der Waals surface area contributed by atoms with Crippen LogP contribution >= 0.6 is 0 Å². The Morgan fingerprint density at radius 3 is 2.33 bits per heavy atom. The molecule has 0 bridgehead atoms. The van der Waals surface area contributed by atoms with Crippen molar-refractivity contribution in [2.45, 2.75) is 52.3 Å². The molecule has 0 spiro atoms. The number of rotatable bonds is 2. The van der Waals surface area contributed by atoms with Gasteiger partial charge in [-0.15, -0.1) is 0 Å². The summed E-state index contributed by atoms with van der Waals surface area (Å²) in [5, 5.41) is 0. The molecule has 1 aliphatic heterocycles. The third-order valence-electron chi connectivity index (χ3n) is 4.18. The molecule has 0 radical (unpaired) electrons. The normalized spacial score (nSPS) is 21.0. The number of nitrogens with zero attached hydrogens (tertiary/aromatic N) is 1. The van der Waals surface area contributed by atoms with Gasteiger partial charge in [0, 0.05) is 13.1 Å². The predicted octanol–water partition coefficient (Wildman–Crippen LogP) is 4.84. The van der Waals surface area contributed by atoms with Gasteiger partial charge in [0.15, 0.2) is 0 Å². The van der Waals surface area contributed by atoms with E-state index in [1.165, 1.54) is 6.07 Å². The van der Waals surface area contributed by atoms with Gasteiger partial charge in [-0.2, -0.15) is 13.2 Å². The summed E-state index contributed by atoms with van der Waals surface area (Å²) < 4.78 is 40.0. The van der Waals surface area contributed by atoms with Crippen molar-refractivity contribution in [3.05, 3.63) is 34.9 Å². The molecule has 118 valence electrons. The first kappa shape index (κ1) is 16.3. The molecule has 0 aliphatic carbocycles. The lowest BCUT2D eigenvalue weighted by atomic mass is 9.85. The Morgan fingerprint density at radius 1 is 1.19 bits per heavy atom. The van der Waals surface area contributed by atoms with Gasteiger partial charge in [-0.3, -0.25) is 4.90 Å². The molecule has 4 heteroatoms. The summed E-state index contributed by atoms with van der Waals surface area (Å²) in [7, 11) is 0. The maximum absolute atomic E-state index is 13.3. The van der Waals surface area contributed by atoms with E-state index in [0.717, 1.165) is 25.1 Å². The molecule has 21 heavy (non-hydrogen) atoms. The van der Waals surface area contributed by atoms with Crippen molar-refractivity contribution in [1.82, 2.24) is 4.90 Å². The maximum Gasteiger partial charge on any atom is 0.416 e. The minimum absolute atomic E-state index is 0.277. The zero-order valence-electron chi connectivity index (χ0n) is 13.2. The van der Waals surface area contributed by atoms with Gasteiger partial charge >= 0.3 is 6.18 Å². The molecule has 0 N–H and O–H groups in total. The summed E-state index contributed by atoms with van der Waals surface area (Å²) in [6.45, 7) is 10.1. The number of halogens is 3. The SMILES string of the molecule is CC1CCN(Cc2ccc(C(C)(C)C)cc2C(F)(F)F)C1. The summed E-state index contributed by atoms with van der Waals surface area (Å²) in [5.74, 6) is 0.577. The fraction of sp³-hybridized carbons (Fsp3) is 0.647. The highest BCUT2D eigenvalue weighted by molar-refractivity contribution is 5.37. The first-order chi connectivity index (χ1) is 9.57. The molecule has 1 atom stereocenters. The van der Waals surface area contributed by atoms with Crippen molar-refractivity contribution < 1.29 is 13.2 Å². The first-order valence-electron chi connectivity index (χ1n) is 7.50. The zero-order valence-corrected chi connectivity index (χ0v) is 13.2. The summed E-state index contributed by atoms with van der Waals surface area (Å²) >= 11 is 0. The molecule has 1 nitrogen and oxygen atoms in total. The number of likely N-dealkylation sites (tertiary alicyclic amines) is 1. The second-order valence-corrected chi connectivity index (χ2v) is 7.25. The van der Waals surface area contributed by atoms with Crippen LogP contribution in [-0.4, -0.2) is 18.0 Å². The Balaban J connectivity index is 2.32. The van der Waals surface area contributed by atoms with Crippen LogP contribution < -0.4 is 0 Å². The van der Waals surface area contributed by atoms with E-state index < -0.39 is 11.7 Å². The lowest BCUT2D eigenvalue weighted by molar-refractivity contribution is -0.138. The molecule has 0 amide bonds. The van der Waals surface area contributed by atoms with E-state index in [9.17, 15) is 13.2 Å². The van der Waals surface area contributed by atoms with Crippen molar-refractivity contribution in [2.24, 2.45) is 5.92 Å². The largest absolute Gasteiger partial charge is 0.416 e. The molecular weight excluding hydrogens is 275 g/mol. The van der Waals surface area contributed by atoms with E-state index >= 15 is 0 Å². The summed E-state index contributed by atoms with van der Waals surface area (Å²) in [6.07, 6.45) is -3.22. The van der Waals surface area contributed by atoms with Crippen LogP contribution in [0.2, 0.25) is 0 Å². The Kier molecular flexibility index (Phi) is 4.39. The van der Waals surface area contributed by atoms with Crippen molar-refractivity contribution in [3.8, 4) is 0 Å². The lowest BCUT2D eigenvalue weighted by Gasteiger charge is -2.24. The first-order valence-corrected chi connectivity index (χ1v) is 7.50. The smallest absolute Gasteiger partial charge is 0.299 e. The second kappa shape index (κ2) is 5.64. The molecule has 0 aromatic heterocycles. The monoisotopic (exact) mass is 299 g/mol. The number of benzene rings is 1. The van der Waals surface area contributed by atoms with Crippen LogP contribution in [0.3, 0.4) is 0 Å². The van der Waals surface area contributed by atoms with Crippen LogP contribution in [0.1, 0.15) is 50.8 Å². The molecule has 0 saturated carbocycles. The average Bonchev–Trinajstić information content (AvgIpc) is 2.72. The highest BCUT2D eigenvalue weighted by atomic mass is 19.4. The van der Waals surface area contributed by atoms with Gasteiger partial charge in [-0.25, -0.2) is 0 Å². The summed E-state index contributed by atoms with van der Waals surface area (Å²) in [5.41, 5.74) is 0.369. The fourth-order valence-corrected chi connectivity index (χ4v) is 2.86. The van der Waals surface area contributed by atoms with Crippen LogP contribution in [0.15, 0.2) is 18.2 Å². The maximum atomic E-state index is 13.3. The fourth-order valence-electron chi connectivity index (χ4n) is 2.86. The molecule has 1 aromatic rings. The highest BCUT2D eigenvalue weighted by Gasteiger charge is 2.35. The molecule has 2 rings (SSSR count). The molecule has 1 fully saturated rings. The topological polar surface area (TPSA) is 3.24 Å². The molecular formula is C17H24F3N. The summed E-state index contributed by atoms with van der Waals surface area (Å²) in [6, 6.07) is 4.82. The summed E-state index contributed by atoms with van der Waals surface area (Å²) in [4.78, 5) is 2.12. The van der Waals surface area contributed by atoms with Gasteiger partial charge in [0.05, 0.1) is 5.56 Å². The third kappa shape index (κ3) is 4.00. The molecule has 1 aliphatic rings. The molecule has 1 saturated heterocycles. The van der Waals surface area contributed by atoms with E-state index in [-0.39, 0.29) is 5.41 Å². The lowest BCUT2D eigenvalue weighted by Crippen LogP contribution is -2.23. The Bertz CT molecular complexity index is 500. The van der Waals surface area contributed by atoms with E-state index in [0.29, 0.717) is 18.0 Å². The van der Waals surface area contributed by atoms with Crippen LogP contribution in [-0.2, 0) is 18.1 Å². The molecule has 1 aromatic carbocycles. The third-order valence-corrected chi connectivity index (χ3v) is 4.18. The Labute approximate surface area is 125 Å². The highest BCUT2D eigenvalue weighted by Crippen LogP contribution is 2.36. The van der Waals surface area contributed by atoms with Gasteiger partial charge < -0.3 is 0 Å². The van der Waals surface area contributed by atoms with Gasteiger partial charge in [0.1, 0.15) is 0 Å². The standard InChI is InChI=1S/C17H24F3N/c1-12-7-8-21(10-12)11-13-5-6-14(16(2,3)4)9-15(13)17(18,19)20/h5-6,9,12H,7-8,10-11H2,1-4H3. The number of hydrogen-bond acceptors (Lipinski definition) is 1. The molecule has 1 unspecified atom stereocenters. The van der Waals surface area contributed by atoms with Crippen molar-refractivity contribution in [3.63, 3.8) is 0 Å². The van der Waals surface area contributed by atoms with Crippen LogP contribution in [0.5, 0.6) is 0 Å². The molecule has 1 heterocycles. The quantitative estimate of drug-likeness (QED) is 0.755. The van der Waals surface area contributed by atoms with Crippen LogP contribution in [0.25, 0.3) is 0 Å². The minimum Gasteiger partial charge on any atom is -0.299 e. The Morgan fingerprint density at radius 2 is 1.86 bits per heavy atom. The van der Waals surface area contributed by atoms with Crippen molar-refractivity contribution >= 4 is 0 Å². The van der Waals surface area contributed by atoms with Gasteiger partial charge in [0.25, 0.3) is 0 Å². The van der Waals surface area contributed by atoms with Crippen LogP contribution in [0.4, 0.5) is 13.2 Å². The Hall–Kier alpha value is -1.03. The van der Waals surface area contributed by atoms with E-state index in [4.69, 9.17) is 0 Å². The second-order valence-electron chi connectivity index (χ2n) is 7.25. The van der Waals surface area contributed by atoms with E-state index in [1.807, 2.05) is 26.8 Å². The minimum atomic E-state index is -4.29. The van der Waals surface area contributed by atoms with Gasteiger partial charge in [0.2, 0.25) is 0 Å². The average molecular weight is 299 g/mol. The predicted molar refractivity (Wildman–Crippen MR) is 79.2 cm³/mol. The van der Waals surface area contributed by atoms with Crippen molar-refractivity contribution in [2.75, 3.05) is 13.1 Å². The van der Waals surface area contributed by atoms with Gasteiger partial charge in [-0.1, -0.05) is 39.8 Å². The van der Waals surface area contributed by atoms with Gasteiger partial charge in [-0.05, 0) is 41.5 Å². The van der Waals surface area contributed by atoms with Crippen molar-refractivity contribution in [1.29, 1.82) is 0 Å². The zero-order chi connectivity index (χ0) is 15.8. The van der Waals surface area contributed by atoms with E-state index in [1.54, 1.807) is 6.07 Å². The number of hydrogen-bond donors (Lipinski definition) is 0. The number of alkyl halides is 3.